The summed E-state index contributed by atoms with van der Waals surface area (Å²) in [6.07, 6.45) is 2.92. The van der Waals surface area contributed by atoms with Crippen LogP contribution in [0.5, 0.6) is 0 Å². The van der Waals surface area contributed by atoms with Crippen molar-refractivity contribution in [1.82, 2.24) is 24.1 Å². The lowest BCUT2D eigenvalue weighted by atomic mass is 9.80. The molecule has 0 spiro atoms. The molecule has 0 aliphatic heterocycles. The largest absolute Gasteiger partial charge is 0.456 e. The van der Waals surface area contributed by atoms with Crippen LogP contribution in [0.1, 0.15) is 29.3 Å². The Morgan fingerprint density at radius 3 is 1.55 bits per heavy atom. The molecule has 0 fully saturated rings. The maximum Gasteiger partial charge on any atom is 0.164 e. The number of aromatic nitrogens is 5. The molecule has 0 amide bonds. The van der Waals surface area contributed by atoms with Crippen molar-refractivity contribution in [3.8, 4) is 28.5 Å². The standard InChI is InChI=1S/C75H45N5O3/c1-4-18-44(19-5-1)58-40-48(75-77-73(46-32-34-53-51-25-12-16-30-63(51)81-66(53)42-46)76-74(78-75)47-33-35-54-52-26-13-17-31-64(52)82-67(54)43-47)41-59(45-20-6-2-7-21-45)70(58)80-61-29-15-11-27-56(61)68-62(80)38-36-57-69-65(83-72(57)68)39-37-55-50-24-10-14-28-60(50)79(71(55)69)49-22-8-3-9-23-49/h1-40,42-43,59H,41H2. The van der Waals surface area contributed by atoms with E-state index in [1.807, 2.05) is 36.4 Å². The first-order chi connectivity index (χ1) is 41.1. The van der Waals surface area contributed by atoms with Crippen LogP contribution in [0.4, 0.5) is 0 Å². The van der Waals surface area contributed by atoms with E-state index < -0.39 is 0 Å². The van der Waals surface area contributed by atoms with E-state index >= 15 is 0 Å². The minimum absolute atomic E-state index is 0.166. The van der Waals surface area contributed by atoms with Gasteiger partial charge in [0.2, 0.25) is 0 Å². The molecular weight excluding hydrogens is 1020 g/mol. The number of para-hydroxylation sites is 5. The Hall–Kier alpha value is -11.1. The molecule has 6 heterocycles. The van der Waals surface area contributed by atoms with Crippen LogP contribution in [0, 0.1) is 0 Å². The second-order valence-corrected chi connectivity index (χ2v) is 21.7. The Kier molecular flexibility index (Phi) is 9.76. The molecule has 18 rings (SSSR count). The fourth-order valence-electron chi connectivity index (χ4n) is 13.5. The molecular formula is C75H45N5O3. The fraction of sp³-hybridized carbons (Fsp3) is 0.0267. The summed E-state index contributed by atoms with van der Waals surface area (Å²) in [4.78, 5) is 16.2. The monoisotopic (exact) mass is 1060 g/mol. The van der Waals surface area contributed by atoms with Gasteiger partial charge < -0.3 is 22.4 Å². The van der Waals surface area contributed by atoms with Gasteiger partial charge in [-0.25, -0.2) is 15.0 Å². The van der Waals surface area contributed by atoms with Crippen LogP contribution in [0.2, 0.25) is 0 Å². The highest BCUT2D eigenvalue weighted by atomic mass is 16.3. The van der Waals surface area contributed by atoms with Crippen LogP contribution >= 0.6 is 0 Å². The molecule has 1 atom stereocenters. The number of benzene rings is 11. The van der Waals surface area contributed by atoms with Gasteiger partial charge in [-0.15, -0.1) is 0 Å². The van der Waals surface area contributed by atoms with E-state index in [0.717, 1.165) is 138 Å². The molecule has 1 aliphatic rings. The van der Waals surface area contributed by atoms with E-state index in [1.54, 1.807) is 0 Å². The van der Waals surface area contributed by atoms with Crippen LogP contribution in [0.25, 0.3) is 155 Å². The number of nitrogens with zero attached hydrogens (tertiary/aromatic N) is 5. The van der Waals surface area contributed by atoms with Gasteiger partial charge in [0.25, 0.3) is 0 Å². The minimum atomic E-state index is -0.166. The second-order valence-electron chi connectivity index (χ2n) is 21.7. The first-order valence-electron chi connectivity index (χ1n) is 28.2. The smallest absolute Gasteiger partial charge is 0.164 e. The molecule has 83 heavy (non-hydrogen) atoms. The zero-order valence-corrected chi connectivity index (χ0v) is 44.5. The zero-order chi connectivity index (χ0) is 54.3. The van der Waals surface area contributed by atoms with Crippen LogP contribution in [0.3, 0.4) is 0 Å². The van der Waals surface area contributed by atoms with E-state index in [9.17, 15) is 0 Å². The molecule has 388 valence electrons. The summed E-state index contributed by atoms with van der Waals surface area (Å²) in [6, 6.07) is 87.7. The first-order valence-corrected chi connectivity index (χ1v) is 28.2. The van der Waals surface area contributed by atoms with Gasteiger partial charge in [0.1, 0.15) is 33.5 Å². The van der Waals surface area contributed by atoms with Gasteiger partial charge in [-0.1, -0.05) is 164 Å². The lowest BCUT2D eigenvalue weighted by Gasteiger charge is -2.31. The molecule has 1 unspecified atom stereocenters. The highest BCUT2D eigenvalue weighted by molar-refractivity contribution is 6.30. The van der Waals surface area contributed by atoms with Crippen molar-refractivity contribution in [2.45, 2.75) is 12.3 Å². The van der Waals surface area contributed by atoms with Crippen molar-refractivity contribution in [2.24, 2.45) is 0 Å². The molecule has 17 aromatic rings. The Bertz CT molecular complexity index is 5470. The molecule has 0 radical (unpaired) electrons. The van der Waals surface area contributed by atoms with Gasteiger partial charge in [0.05, 0.1) is 32.8 Å². The Labute approximate surface area is 473 Å². The van der Waals surface area contributed by atoms with E-state index in [-0.39, 0.29) is 5.92 Å². The topological polar surface area (TPSA) is 87.9 Å². The van der Waals surface area contributed by atoms with Gasteiger partial charge >= 0.3 is 0 Å². The Morgan fingerprint density at radius 1 is 0.349 bits per heavy atom. The molecule has 0 saturated heterocycles. The molecule has 0 bridgehead atoms. The van der Waals surface area contributed by atoms with E-state index in [1.165, 1.54) is 16.3 Å². The Balaban J connectivity index is 0.897. The summed E-state index contributed by atoms with van der Waals surface area (Å²) >= 11 is 0. The fourth-order valence-corrected chi connectivity index (χ4v) is 13.5. The quantitative estimate of drug-likeness (QED) is 0.158. The molecule has 8 nitrogen and oxygen atoms in total. The van der Waals surface area contributed by atoms with Crippen LogP contribution < -0.4 is 0 Å². The Morgan fingerprint density at radius 2 is 0.880 bits per heavy atom. The average Bonchev–Trinajstić information content (AvgIpc) is 2.04. The summed E-state index contributed by atoms with van der Waals surface area (Å²) in [5, 5.41) is 11.0. The van der Waals surface area contributed by atoms with Crippen molar-refractivity contribution in [1.29, 1.82) is 0 Å². The van der Waals surface area contributed by atoms with Gasteiger partial charge in [0.15, 0.2) is 17.5 Å². The van der Waals surface area contributed by atoms with Gasteiger partial charge in [-0.2, -0.15) is 0 Å². The molecule has 6 aromatic heterocycles. The molecule has 0 saturated carbocycles. The molecule has 0 N–H and O–H groups in total. The lowest BCUT2D eigenvalue weighted by Crippen LogP contribution is -2.16. The van der Waals surface area contributed by atoms with E-state index in [4.69, 9.17) is 28.2 Å². The minimum Gasteiger partial charge on any atom is -0.456 e. The number of fused-ring (bicyclic) bond motifs is 17. The maximum atomic E-state index is 7.25. The van der Waals surface area contributed by atoms with Gasteiger partial charge in [-0.3, -0.25) is 0 Å². The number of hydrogen-bond donors (Lipinski definition) is 0. The first kappa shape index (κ1) is 45.7. The molecule has 11 aromatic carbocycles. The SMILES string of the molecule is C1=C(c2nc(-c3ccc4c(c3)oc3ccccc34)nc(-c3ccc4c(c3)oc3ccccc34)n2)CC(c2ccccc2)C(n2c3ccccc3c3c4oc5ccc6c7ccccc7n(-c7ccccc7)c6c5c4ccc32)=C1c1ccccc1. The number of allylic oxidation sites excluding steroid dienone is 4. The molecule has 1 aliphatic carbocycles. The number of rotatable bonds is 7. The molecule has 8 heteroatoms. The van der Waals surface area contributed by atoms with E-state index in [2.05, 4.69) is 228 Å². The predicted molar refractivity (Wildman–Crippen MR) is 338 cm³/mol. The summed E-state index contributed by atoms with van der Waals surface area (Å²) in [6.45, 7) is 0. The van der Waals surface area contributed by atoms with Gasteiger partial charge in [-0.05, 0) is 114 Å². The predicted octanol–water partition coefficient (Wildman–Crippen LogP) is 19.7. The highest BCUT2D eigenvalue weighted by Crippen LogP contribution is 2.51. The third kappa shape index (κ3) is 6.90. The highest BCUT2D eigenvalue weighted by Gasteiger charge is 2.33. The average molecular weight is 1060 g/mol. The maximum absolute atomic E-state index is 7.25. The van der Waals surface area contributed by atoms with Crippen molar-refractivity contribution in [3.05, 3.63) is 272 Å². The summed E-state index contributed by atoms with van der Waals surface area (Å²) in [7, 11) is 0. The third-order valence-corrected chi connectivity index (χ3v) is 17.2. The summed E-state index contributed by atoms with van der Waals surface area (Å²) < 4.78 is 25.1. The van der Waals surface area contributed by atoms with Gasteiger partial charge in [0, 0.05) is 77.1 Å². The normalized spacial score (nSPS) is 14.1. The van der Waals surface area contributed by atoms with Crippen molar-refractivity contribution in [2.75, 3.05) is 0 Å². The lowest BCUT2D eigenvalue weighted by molar-refractivity contribution is 0.668. The van der Waals surface area contributed by atoms with Crippen molar-refractivity contribution >= 4 is 126 Å². The number of furan rings is 3. The second kappa shape index (κ2) is 17.7. The summed E-state index contributed by atoms with van der Waals surface area (Å²) in [5.74, 6) is 1.52. The van der Waals surface area contributed by atoms with Crippen molar-refractivity contribution in [3.63, 3.8) is 0 Å². The van der Waals surface area contributed by atoms with E-state index in [0.29, 0.717) is 23.9 Å². The zero-order valence-electron chi connectivity index (χ0n) is 44.5. The van der Waals surface area contributed by atoms with Crippen LogP contribution in [-0.4, -0.2) is 24.1 Å². The van der Waals surface area contributed by atoms with Crippen LogP contribution in [-0.2, 0) is 0 Å². The third-order valence-electron chi connectivity index (χ3n) is 17.2. The summed E-state index contributed by atoms with van der Waals surface area (Å²) in [5.41, 5.74) is 17.6. The van der Waals surface area contributed by atoms with Crippen molar-refractivity contribution < 1.29 is 13.3 Å². The van der Waals surface area contributed by atoms with Crippen LogP contribution in [0.15, 0.2) is 268 Å². The number of hydrogen-bond acceptors (Lipinski definition) is 6.